The molecule has 4 N–H and O–H groups in total. The van der Waals surface area contributed by atoms with Crippen molar-refractivity contribution >= 4 is 105 Å². The highest BCUT2D eigenvalue weighted by Gasteiger charge is 2.45. The van der Waals surface area contributed by atoms with E-state index in [0.29, 0.717) is 74.8 Å². The number of hydrogen-bond acceptors (Lipinski definition) is 12. The van der Waals surface area contributed by atoms with Crippen molar-refractivity contribution in [1.82, 2.24) is 60.5 Å². The maximum Gasteiger partial charge on any atom is 0.246 e. The second-order valence-electron chi connectivity index (χ2n) is 29.3. The van der Waals surface area contributed by atoms with E-state index in [9.17, 15) is 47.9 Å². The number of piperidine rings is 1. The van der Waals surface area contributed by atoms with Gasteiger partial charge in [0.05, 0.1) is 26.1 Å². The lowest BCUT2D eigenvalue weighted by Gasteiger charge is -2.40. The number of unbranched alkanes of at least 4 members (excludes halogenated alkanes) is 1. The Bertz CT molecular complexity index is 2670. The van der Waals surface area contributed by atoms with E-state index in [4.69, 9.17) is 11.6 Å². The van der Waals surface area contributed by atoms with Crippen LogP contribution >= 0.6 is 34.2 Å². The summed E-state index contributed by atoms with van der Waals surface area (Å²) in [5, 5.41) is 11.8. The van der Waals surface area contributed by atoms with Gasteiger partial charge in [0, 0.05) is 71.7 Å². The molecule has 12 amide bonds. The number of carbonyl (C=O) groups excluding carboxylic acids is 12. The summed E-state index contributed by atoms with van der Waals surface area (Å²) in [6.45, 7) is 11.8. The molecule has 26 heteroatoms. The van der Waals surface area contributed by atoms with E-state index in [2.05, 4.69) is 43.9 Å². The Hall–Kier alpha value is -5.34. The minimum atomic E-state index is -1.64. The molecule has 0 aromatic heterocycles. The smallest absolute Gasteiger partial charge is 0.246 e. The predicted molar refractivity (Wildman–Crippen MR) is 373 cm³/mol. The number of amides is 12. The van der Waals surface area contributed by atoms with Crippen LogP contribution in [-0.4, -0.2) is 249 Å². The van der Waals surface area contributed by atoms with Crippen LogP contribution in [0.3, 0.4) is 0 Å². The Morgan fingerprint density at radius 1 is 0.568 bits per heavy atom. The second-order valence-corrected chi connectivity index (χ2v) is 31.7. The van der Waals surface area contributed by atoms with Gasteiger partial charge in [0.1, 0.15) is 47.8 Å². The van der Waals surface area contributed by atoms with Gasteiger partial charge in [-0.1, -0.05) is 109 Å². The number of alkyl halides is 2. The number of carbonyl (C=O) groups is 12. The van der Waals surface area contributed by atoms with Crippen LogP contribution in [0, 0.1) is 29.6 Å². The zero-order valence-electron chi connectivity index (χ0n) is 59.6. The Labute approximate surface area is 584 Å². The van der Waals surface area contributed by atoms with Crippen LogP contribution in [0.25, 0.3) is 0 Å². The number of nitrogens with one attached hydrogen (secondary N) is 4. The van der Waals surface area contributed by atoms with E-state index >= 15 is 9.59 Å². The van der Waals surface area contributed by atoms with Gasteiger partial charge in [-0.3, -0.25) is 57.5 Å². The fourth-order valence-corrected chi connectivity index (χ4v) is 15.2. The van der Waals surface area contributed by atoms with Crippen molar-refractivity contribution in [1.29, 1.82) is 0 Å². The first-order valence-corrected chi connectivity index (χ1v) is 37.0. The maximum atomic E-state index is 15.3. The quantitative estimate of drug-likeness (QED) is 0.124. The van der Waals surface area contributed by atoms with E-state index in [0.717, 1.165) is 56.3 Å². The summed E-state index contributed by atoms with van der Waals surface area (Å²) in [5.74, 6) is -7.72. The fourth-order valence-electron chi connectivity index (χ4n) is 13.7. The molecule has 24 nitrogen and oxygen atoms in total. The van der Waals surface area contributed by atoms with E-state index in [1.54, 1.807) is 25.7 Å². The second kappa shape index (κ2) is 37.6. The van der Waals surface area contributed by atoms with Crippen molar-refractivity contribution in [3.8, 4) is 0 Å². The molecular weight excluding hydrogens is 1350 g/mol. The van der Waals surface area contributed by atoms with Crippen LogP contribution in [-0.2, 0) is 57.5 Å². The molecule has 0 spiro atoms. The van der Waals surface area contributed by atoms with E-state index in [-0.39, 0.29) is 61.2 Å². The van der Waals surface area contributed by atoms with Gasteiger partial charge in [0.2, 0.25) is 70.9 Å². The Balaban J connectivity index is 1.59. The number of nitrogens with zero attached hydrogens (tertiary/aromatic N) is 8. The number of rotatable bonds is 14. The minimum Gasteiger partial charge on any atom is -0.343 e. The molecule has 5 aliphatic rings. The molecule has 538 valence electrons. The Kier molecular flexibility index (Phi) is 31.8. The van der Waals surface area contributed by atoms with Gasteiger partial charge < -0.3 is 60.5 Å². The molecule has 2 saturated heterocycles. The molecule has 0 aromatic carbocycles. The first-order valence-electron chi connectivity index (χ1n) is 35.3. The van der Waals surface area contributed by atoms with Crippen LogP contribution in [0.4, 0.5) is 0 Å². The van der Waals surface area contributed by atoms with Crippen molar-refractivity contribution in [2.24, 2.45) is 29.6 Å². The van der Waals surface area contributed by atoms with Crippen molar-refractivity contribution in [3.63, 3.8) is 0 Å². The molecule has 0 radical (unpaired) electrons. The van der Waals surface area contributed by atoms with Crippen LogP contribution in [0.1, 0.15) is 196 Å². The lowest BCUT2D eigenvalue weighted by Crippen LogP contribution is -2.63. The standard InChI is InChI=1S/C69H116ClIN12O12/c1-15-17-27-50-64(91)82(14)69(6,7)68(95)74-52(36-45-23-21-24-45)63(90)81(13)55(66(93)83-32-19-18-20-33-83)39-57(85)79(11)53(34-43(3)4)62(89)75-60(44(5)16-2)67(94)78(10)41-58(86)76(8)42-59(87)80(12)54(38-46-28-30-48(70)31-29-46)65(92)77(9)40-56(84)72-51(61(88)73-50)37-47-25-22-26-49(71)35-47/h43-55,60H,15-42H2,1-14H3,(H,72,84)(H,73,88)(H,74,95)(H,75,89)/t44-,46?,47?,48?,49?,50-,51-,52-,53-,54-,55-,60-/m0/s1. The van der Waals surface area contributed by atoms with Crippen LogP contribution < -0.4 is 21.3 Å². The summed E-state index contributed by atoms with van der Waals surface area (Å²) in [4.78, 5) is 187. The maximum absolute atomic E-state index is 15.3. The summed E-state index contributed by atoms with van der Waals surface area (Å²) in [6.07, 6.45) is 13.4. The lowest BCUT2D eigenvalue weighted by molar-refractivity contribution is -0.152. The van der Waals surface area contributed by atoms with Gasteiger partial charge >= 0.3 is 0 Å². The largest absolute Gasteiger partial charge is 0.343 e. The normalized spacial score (nSPS) is 29.8. The van der Waals surface area contributed by atoms with Crippen molar-refractivity contribution in [3.05, 3.63) is 0 Å². The van der Waals surface area contributed by atoms with Crippen LogP contribution in [0.2, 0.25) is 0 Å². The average Bonchev–Trinajstić information content (AvgIpc) is 0.830. The summed E-state index contributed by atoms with van der Waals surface area (Å²) < 4.78 is 0.346. The number of hydrogen-bond donors (Lipinski definition) is 4. The molecular formula is C69H116ClIN12O12. The molecule has 2 heterocycles. The van der Waals surface area contributed by atoms with Gasteiger partial charge in [-0.15, -0.1) is 11.6 Å². The SMILES string of the molecule is CCCC[C@@H]1NC(=O)[C@H](CC2CCCC(I)C2)NC(=O)CN(C)C(=O)[C@H](CC2CCC(Cl)CC2)N(C)C(=O)CN(C)C(=O)CN(C)C(=O)[C@H]([C@@H](C)CC)NC(=O)[C@H](CC(C)C)N(C)C(=O)C[C@@H](C(=O)N2CCCCC2)N(C)C(=O)[C@H](CC2CCC2)NC(=O)C(C)(C)N(C)C1=O. The van der Waals surface area contributed by atoms with Gasteiger partial charge in [-0.05, 0) is 133 Å². The van der Waals surface area contributed by atoms with Crippen molar-refractivity contribution in [2.75, 3.05) is 82.1 Å². The van der Waals surface area contributed by atoms with E-state index in [1.165, 1.54) is 78.7 Å². The van der Waals surface area contributed by atoms with Crippen LogP contribution in [0.5, 0.6) is 0 Å². The molecule has 2 aliphatic heterocycles. The monoisotopic (exact) mass is 1470 g/mol. The first kappa shape index (κ1) is 80.3. The third-order valence-corrected chi connectivity index (χ3v) is 22.6. The number of likely N-dealkylation sites (N-methyl/N-ethyl adjacent to an activating group) is 7. The summed E-state index contributed by atoms with van der Waals surface area (Å²) in [7, 11) is 10.2. The topological polar surface area (TPSA) is 279 Å². The highest BCUT2D eigenvalue weighted by atomic mass is 127. The highest BCUT2D eigenvalue weighted by molar-refractivity contribution is 14.1. The first-order chi connectivity index (χ1) is 44.7. The molecule has 3 saturated carbocycles. The average molecular weight is 1470 g/mol. The van der Waals surface area contributed by atoms with Crippen molar-refractivity contribution < 1.29 is 57.5 Å². The van der Waals surface area contributed by atoms with Crippen molar-refractivity contribution in [2.45, 2.75) is 253 Å². The number of likely N-dealkylation sites (tertiary alicyclic amines) is 1. The van der Waals surface area contributed by atoms with E-state index < -0.39 is 151 Å². The highest BCUT2D eigenvalue weighted by Crippen LogP contribution is 2.35. The summed E-state index contributed by atoms with van der Waals surface area (Å²) in [6, 6.07) is -8.25. The number of halogens is 2. The molecule has 0 aromatic rings. The van der Waals surface area contributed by atoms with Gasteiger partial charge in [0.15, 0.2) is 0 Å². The predicted octanol–water partition coefficient (Wildman–Crippen LogP) is 5.48. The third kappa shape index (κ3) is 22.9. The molecule has 2 unspecified atom stereocenters. The molecule has 0 bridgehead atoms. The van der Waals surface area contributed by atoms with Gasteiger partial charge in [0.25, 0.3) is 0 Å². The Morgan fingerprint density at radius 3 is 1.74 bits per heavy atom. The molecule has 5 fully saturated rings. The van der Waals surface area contributed by atoms with Crippen LogP contribution in [0.15, 0.2) is 0 Å². The van der Waals surface area contributed by atoms with Gasteiger partial charge in [-0.2, -0.15) is 0 Å². The van der Waals surface area contributed by atoms with Gasteiger partial charge in [-0.25, -0.2) is 0 Å². The molecule has 10 atom stereocenters. The fraction of sp³-hybridized carbons (Fsp3) is 0.826. The summed E-state index contributed by atoms with van der Waals surface area (Å²) in [5.41, 5.74) is -1.64. The molecule has 5 rings (SSSR count). The Morgan fingerprint density at radius 2 is 1.15 bits per heavy atom. The van der Waals surface area contributed by atoms with E-state index in [1.807, 2.05) is 27.7 Å². The molecule has 3 aliphatic carbocycles. The molecule has 95 heavy (non-hydrogen) atoms. The lowest BCUT2D eigenvalue weighted by atomic mass is 9.80. The third-order valence-electron chi connectivity index (χ3n) is 21.1. The zero-order valence-corrected chi connectivity index (χ0v) is 62.5. The summed E-state index contributed by atoms with van der Waals surface area (Å²) >= 11 is 8.93. The minimum absolute atomic E-state index is 0.00174. The zero-order chi connectivity index (χ0) is 70.8.